The second kappa shape index (κ2) is 7.68. The van der Waals surface area contributed by atoms with Crippen LogP contribution >= 0.6 is 0 Å². The number of amides is 1. The zero-order valence-corrected chi connectivity index (χ0v) is 18.6. The largest absolute Gasteiger partial charge is 0.356 e. The lowest BCUT2D eigenvalue weighted by Gasteiger charge is -2.36. The van der Waals surface area contributed by atoms with E-state index >= 15 is 0 Å². The Hall–Kier alpha value is -2.42. The molecule has 0 atom stereocenters. The van der Waals surface area contributed by atoms with E-state index in [0.29, 0.717) is 17.3 Å². The highest BCUT2D eigenvalue weighted by molar-refractivity contribution is 7.90. The van der Waals surface area contributed by atoms with E-state index in [9.17, 15) is 13.2 Å². The van der Waals surface area contributed by atoms with E-state index in [4.69, 9.17) is 4.98 Å². The summed E-state index contributed by atoms with van der Waals surface area (Å²) in [6.45, 7) is 8.21. The van der Waals surface area contributed by atoms with Crippen molar-refractivity contribution in [3.63, 3.8) is 0 Å². The number of hydrogen-bond donors (Lipinski definition) is 2. The Morgan fingerprint density at radius 1 is 1.30 bits per heavy atom. The summed E-state index contributed by atoms with van der Waals surface area (Å²) in [5.74, 6) is 0.568. The van der Waals surface area contributed by atoms with Crippen molar-refractivity contribution < 1.29 is 13.2 Å². The number of carbonyl (C=O) groups excluding carboxylic acids is 1. The van der Waals surface area contributed by atoms with Crippen LogP contribution in [0, 0.1) is 5.92 Å². The lowest BCUT2D eigenvalue weighted by molar-refractivity contribution is 0.0981. The number of nitrogens with zero attached hydrogens (tertiary/aromatic N) is 3. The number of fused-ring (bicyclic) bond motifs is 1. The van der Waals surface area contributed by atoms with Crippen LogP contribution in [0.3, 0.4) is 0 Å². The van der Waals surface area contributed by atoms with E-state index in [1.165, 1.54) is 12.3 Å². The van der Waals surface area contributed by atoms with Crippen LogP contribution in [0.5, 0.6) is 0 Å². The fourth-order valence-corrected chi connectivity index (χ4v) is 5.29. The highest BCUT2D eigenvalue weighted by atomic mass is 32.2. The van der Waals surface area contributed by atoms with Crippen LogP contribution in [0.2, 0.25) is 0 Å². The van der Waals surface area contributed by atoms with Crippen LogP contribution in [0.1, 0.15) is 68.1 Å². The van der Waals surface area contributed by atoms with E-state index in [1.807, 2.05) is 6.07 Å². The molecule has 3 heterocycles. The van der Waals surface area contributed by atoms with Gasteiger partial charge in [-0.1, -0.05) is 20.8 Å². The molecule has 1 saturated heterocycles. The average Bonchev–Trinajstić information content (AvgIpc) is 3.23. The van der Waals surface area contributed by atoms with E-state index in [0.717, 1.165) is 56.5 Å². The first kappa shape index (κ1) is 20.8. The summed E-state index contributed by atoms with van der Waals surface area (Å²) >= 11 is 0. The Morgan fingerprint density at radius 2 is 2.03 bits per heavy atom. The van der Waals surface area contributed by atoms with Gasteiger partial charge in [0.2, 0.25) is 0 Å². The quantitative estimate of drug-likeness (QED) is 0.771. The second-order valence-corrected chi connectivity index (χ2v) is 10.8. The number of aryl methyl sites for hydroxylation is 1. The molecule has 2 N–H and O–H groups in total. The summed E-state index contributed by atoms with van der Waals surface area (Å²) in [6, 6.07) is 3.17. The van der Waals surface area contributed by atoms with Gasteiger partial charge in [0, 0.05) is 18.5 Å². The van der Waals surface area contributed by atoms with Crippen molar-refractivity contribution in [2.45, 2.75) is 63.3 Å². The number of aromatic amines is 1. The smallest absolute Gasteiger partial charge is 0.281 e. The molecule has 0 unspecified atom stereocenters. The molecule has 9 heteroatoms. The predicted molar refractivity (Wildman–Crippen MR) is 114 cm³/mol. The van der Waals surface area contributed by atoms with Crippen molar-refractivity contribution in [2.24, 2.45) is 5.92 Å². The van der Waals surface area contributed by atoms with Crippen molar-refractivity contribution >= 4 is 21.7 Å². The number of pyridine rings is 1. The summed E-state index contributed by atoms with van der Waals surface area (Å²) in [5.41, 5.74) is 2.31. The Bertz CT molecular complexity index is 1040. The Kier molecular flexibility index (Phi) is 5.34. The van der Waals surface area contributed by atoms with Crippen LogP contribution in [0.25, 0.3) is 0 Å². The highest BCUT2D eigenvalue weighted by Crippen LogP contribution is 2.38. The lowest BCUT2D eigenvalue weighted by Crippen LogP contribution is -2.38. The number of nitrogens with one attached hydrogen (secondary N) is 2. The normalized spacial score (nSPS) is 19.4. The molecular formula is C21H29N5O3S. The SMILES string of the molecule is CC1CCN(c2nc3c(cc2C(=O)NS(=O)(=O)c2ccn[nH]2)CCCC3(C)C)CC1. The molecule has 1 amide bonds. The van der Waals surface area contributed by atoms with E-state index in [2.05, 4.69) is 40.6 Å². The third-order valence-electron chi connectivity index (χ3n) is 6.29. The van der Waals surface area contributed by atoms with Gasteiger partial charge in [-0.05, 0) is 55.7 Å². The van der Waals surface area contributed by atoms with Gasteiger partial charge in [-0.25, -0.2) is 9.71 Å². The molecule has 2 aromatic heterocycles. The maximum absolute atomic E-state index is 13.1. The average molecular weight is 432 g/mol. The van der Waals surface area contributed by atoms with Crippen molar-refractivity contribution in [1.29, 1.82) is 0 Å². The second-order valence-electron chi connectivity index (χ2n) is 9.13. The number of anilines is 1. The first-order valence-corrected chi connectivity index (χ1v) is 12.0. The molecule has 2 aliphatic rings. The lowest BCUT2D eigenvalue weighted by atomic mass is 9.75. The molecule has 0 radical (unpaired) electrons. The Labute approximate surface area is 177 Å². The fraction of sp³-hybridized carbons (Fsp3) is 0.571. The third kappa shape index (κ3) is 3.95. The van der Waals surface area contributed by atoms with Crippen molar-refractivity contribution in [2.75, 3.05) is 18.0 Å². The first-order chi connectivity index (χ1) is 14.2. The minimum atomic E-state index is -4.03. The Balaban J connectivity index is 1.75. The van der Waals surface area contributed by atoms with E-state index in [-0.39, 0.29) is 10.4 Å². The number of carbonyl (C=O) groups is 1. The van der Waals surface area contributed by atoms with Gasteiger partial charge in [0.25, 0.3) is 15.9 Å². The molecule has 1 aliphatic carbocycles. The molecule has 0 saturated carbocycles. The number of rotatable bonds is 4. The van der Waals surface area contributed by atoms with Crippen molar-refractivity contribution in [3.8, 4) is 0 Å². The zero-order valence-electron chi connectivity index (χ0n) is 17.7. The number of sulfonamides is 1. The van der Waals surface area contributed by atoms with E-state index in [1.54, 1.807) is 0 Å². The summed E-state index contributed by atoms with van der Waals surface area (Å²) in [7, 11) is -4.03. The summed E-state index contributed by atoms with van der Waals surface area (Å²) < 4.78 is 27.3. The van der Waals surface area contributed by atoms with Crippen molar-refractivity contribution in [3.05, 3.63) is 35.2 Å². The predicted octanol–water partition coefficient (Wildman–Crippen LogP) is 2.77. The van der Waals surface area contributed by atoms with Crippen LogP contribution in [-0.4, -0.2) is 42.6 Å². The molecule has 0 bridgehead atoms. The number of piperidine rings is 1. The Morgan fingerprint density at radius 3 is 2.70 bits per heavy atom. The highest BCUT2D eigenvalue weighted by Gasteiger charge is 2.33. The molecule has 0 aromatic carbocycles. The van der Waals surface area contributed by atoms with Gasteiger partial charge in [0.05, 0.1) is 17.5 Å². The minimum Gasteiger partial charge on any atom is -0.356 e. The molecule has 162 valence electrons. The molecule has 0 spiro atoms. The maximum Gasteiger partial charge on any atom is 0.281 e. The molecule has 1 aliphatic heterocycles. The summed E-state index contributed by atoms with van der Waals surface area (Å²) in [6.07, 6.45) is 6.29. The topological polar surface area (TPSA) is 108 Å². The zero-order chi connectivity index (χ0) is 21.5. The molecular weight excluding hydrogens is 402 g/mol. The third-order valence-corrected chi connectivity index (χ3v) is 7.55. The van der Waals surface area contributed by atoms with Crippen LogP contribution in [-0.2, 0) is 21.9 Å². The van der Waals surface area contributed by atoms with Crippen LogP contribution in [0.15, 0.2) is 23.4 Å². The molecule has 30 heavy (non-hydrogen) atoms. The molecule has 2 aromatic rings. The number of H-pyrrole nitrogens is 1. The van der Waals surface area contributed by atoms with Gasteiger partial charge in [-0.15, -0.1) is 0 Å². The maximum atomic E-state index is 13.1. The van der Waals surface area contributed by atoms with Gasteiger partial charge in [-0.3, -0.25) is 9.89 Å². The molecule has 1 fully saturated rings. The van der Waals surface area contributed by atoms with E-state index < -0.39 is 15.9 Å². The fourth-order valence-electron chi connectivity index (χ4n) is 4.41. The summed E-state index contributed by atoms with van der Waals surface area (Å²) in [4.78, 5) is 20.2. The van der Waals surface area contributed by atoms with Gasteiger partial charge >= 0.3 is 0 Å². The van der Waals surface area contributed by atoms with Gasteiger partial charge in [-0.2, -0.15) is 13.5 Å². The standard InChI is InChI=1S/C21H29N5O3S/c1-14-7-11-26(12-8-14)19-16(13-15-5-4-9-21(2,3)18(15)23-19)20(27)25-30(28,29)17-6-10-22-24-17/h6,10,13-14H,4-5,7-9,11-12H2,1-3H3,(H,22,24)(H,25,27). The number of aromatic nitrogens is 3. The van der Waals surface area contributed by atoms with Crippen LogP contribution in [0.4, 0.5) is 5.82 Å². The van der Waals surface area contributed by atoms with Gasteiger partial charge in [0.1, 0.15) is 5.82 Å². The minimum absolute atomic E-state index is 0.0671. The first-order valence-electron chi connectivity index (χ1n) is 10.5. The molecule has 8 nitrogen and oxygen atoms in total. The van der Waals surface area contributed by atoms with Crippen LogP contribution < -0.4 is 9.62 Å². The van der Waals surface area contributed by atoms with Crippen molar-refractivity contribution in [1.82, 2.24) is 19.9 Å². The molecule has 4 rings (SSSR count). The van der Waals surface area contributed by atoms with Gasteiger partial charge < -0.3 is 4.90 Å². The number of hydrogen-bond acceptors (Lipinski definition) is 6. The van der Waals surface area contributed by atoms with Gasteiger partial charge in [0.15, 0.2) is 5.03 Å². The monoisotopic (exact) mass is 431 g/mol. The summed E-state index contributed by atoms with van der Waals surface area (Å²) in [5, 5.41) is 5.92.